The Morgan fingerprint density at radius 2 is 2.24 bits per heavy atom. The summed E-state index contributed by atoms with van der Waals surface area (Å²) in [6.07, 6.45) is 0. The first-order valence-corrected chi connectivity index (χ1v) is 5.93. The average molecular weight is 234 g/mol. The molecule has 1 atom stereocenters. The molecule has 4 heteroatoms. The van der Waals surface area contributed by atoms with Crippen LogP contribution < -0.4 is 10.5 Å². The number of nitrogens with two attached hydrogens (primary N) is 1. The third-order valence-corrected chi connectivity index (χ3v) is 2.96. The van der Waals surface area contributed by atoms with Crippen LogP contribution in [-0.2, 0) is 0 Å². The van der Waals surface area contributed by atoms with Gasteiger partial charge in [-0.2, -0.15) is 0 Å². The van der Waals surface area contributed by atoms with Gasteiger partial charge < -0.3 is 15.4 Å². The number of carbonyl (C=O) groups excluding carboxylic acids is 1. The molecule has 1 heterocycles. The van der Waals surface area contributed by atoms with E-state index in [-0.39, 0.29) is 5.91 Å². The van der Waals surface area contributed by atoms with Crippen LogP contribution in [0.1, 0.15) is 17.3 Å². The lowest BCUT2D eigenvalue weighted by Gasteiger charge is -2.23. The first-order chi connectivity index (χ1) is 8.22. The first-order valence-electron chi connectivity index (χ1n) is 5.93. The predicted molar refractivity (Wildman–Crippen MR) is 66.1 cm³/mol. The first kappa shape index (κ1) is 11.9. The topological polar surface area (TPSA) is 55.6 Å². The Kier molecular flexibility index (Phi) is 3.64. The van der Waals surface area contributed by atoms with Crippen LogP contribution in [-0.4, -0.2) is 37.0 Å². The van der Waals surface area contributed by atoms with E-state index in [4.69, 9.17) is 10.5 Å². The number of benzene rings is 1. The van der Waals surface area contributed by atoms with Gasteiger partial charge in [-0.3, -0.25) is 4.79 Å². The minimum absolute atomic E-state index is 0.0402. The van der Waals surface area contributed by atoms with Crippen molar-refractivity contribution in [2.45, 2.75) is 6.92 Å². The molecule has 92 valence electrons. The molecule has 1 aliphatic rings. The van der Waals surface area contributed by atoms with E-state index in [1.165, 1.54) is 0 Å². The van der Waals surface area contributed by atoms with E-state index in [0.717, 1.165) is 0 Å². The molecular weight excluding hydrogens is 216 g/mol. The van der Waals surface area contributed by atoms with Crippen LogP contribution in [0.5, 0.6) is 5.75 Å². The van der Waals surface area contributed by atoms with Gasteiger partial charge in [-0.25, -0.2) is 0 Å². The molecule has 0 fully saturated rings. The van der Waals surface area contributed by atoms with Gasteiger partial charge in [0.1, 0.15) is 12.4 Å². The zero-order chi connectivity index (χ0) is 12.3. The van der Waals surface area contributed by atoms with Gasteiger partial charge in [0.05, 0.1) is 12.1 Å². The Balaban J connectivity index is 2.20. The lowest BCUT2D eigenvalue weighted by molar-refractivity contribution is 0.0733. The zero-order valence-electron chi connectivity index (χ0n) is 10.1. The fourth-order valence-electron chi connectivity index (χ4n) is 1.93. The molecule has 1 amide bonds. The van der Waals surface area contributed by atoms with Crippen molar-refractivity contribution in [2.24, 2.45) is 11.7 Å². The Morgan fingerprint density at radius 1 is 1.47 bits per heavy atom. The standard InChI is InChI=1S/C13H18N2O2/c1-10(8-14)9-15-6-7-17-12-5-3-2-4-11(12)13(15)16/h2-5,10H,6-9,14H2,1H3. The number of hydrogen-bond donors (Lipinski definition) is 1. The predicted octanol–water partition coefficient (Wildman–Crippen LogP) is 1.12. The van der Waals surface area contributed by atoms with Crippen LogP contribution in [0.15, 0.2) is 24.3 Å². The second-order valence-corrected chi connectivity index (χ2v) is 4.44. The van der Waals surface area contributed by atoms with Gasteiger partial charge in [0, 0.05) is 6.54 Å². The molecule has 1 unspecified atom stereocenters. The number of ether oxygens (including phenoxy) is 1. The summed E-state index contributed by atoms with van der Waals surface area (Å²) in [6.45, 7) is 4.49. The Bertz CT molecular complexity index is 406. The normalized spacial score (nSPS) is 17.1. The van der Waals surface area contributed by atoms with Crippen molar-refractivity contribution in [3.8, 4) is 5.75 Å². The zero-order valence-corrected chi connectivity index (χ0v) is 10.1. The number of nitrogens with zero attached hydrogens (tertiary/aromatic N) is 1. The lowest BCUT2D eigenvalue weighted by atomic mass is 10.1. The highest BCUT2D eigenvalue weighted by Crippen LogP contribution is 2.22. The largest absolute Gasteiger partial charge is 0.491 e. The van der Waals surface area contributed by atoms with Gasteiger partial charge >= 0.3 is 0 Å². The molecule has 1 aromatic rings. The quantitative estimate of drug-likeness (QED) is 0.852. The SMILES string of the molecule is CC(CN)CN1CCOc2ccccc2C1=O. The maximum absolute atomic E-state index is 12.3. The Morgan fingerprint density at radius 3 is 3.00 bits per heavy atom. The number of para-hydroxylation sites is 1. The summed E-state index contributed by atoms with van der Waals surface area (Å²) in [4.78, 5) is 14.1. The number of amides is 1. The second kappa shape index (κ2) is 5.19. The summed E-state index contributed by atoms with van der Waals surface area (Å²) in [5.41, 5.74) is 6.25. The molecule has 2 rings (SSSR count). The lowest BCUT2D eigenvalue weighted by Crippen LogP contribution is -2.37. The summed E-state index contributed by atoms with van der Waals surface area (Å²) in [6, 6.07) is 7.38. The summed E-state index contributed by atoms with van der Waals surface area (Å²) >= 11 is 0. The second-order valence-electron chi connectivity index (χ2n) is 4.44. The minimum Gasteiger partial charge on any atom is -0.491 e. The molecule has 0 radical (unpaired) electrons. The molecule has 1 aliphatic heterocycles. The van der Waals surface area contributed by atoms with Gasteiger partial charge in [-0.1, -0.05) is 19.1 Å². The van der Waals surface area contributed by atoms with E-state index in [9.17, 15) is 4.79 Å². The van der Waals surface area contributed by atoms with Crippen molar-refractivity contribution < 1.29 is 9.53 Å². The molecule has 1 aromatic carbocycles. The molecular formula is C13H18N2O2. The van der Waals surface area contributed by atoms with Crippen LogP contribution in [0.25, 0.3) is 0 Å². The maximum atomic E-state index is 12.3. The van der Waals surface area contributed by atoms with E-state index < -0.39 is 0 Å². The van der Waals surface area contributed by atoms with Gasteiger partial charge in [0.2, 0.25) is 0 Å². The highest BCUT2D eigenvalue weighted by molar-refractivity contribution is 5.97. The highest BCUT2D eigenvalue weighted by atomic mass is 16.5. The molecule has 0 aromatic heterocycles. The molecule has 2 N–H and O–H groups in total. The van der Waals surface area contributed by atoms with Gasteiger partial charge in [0.15, 0.2) is 0 Å². The molecule has 0 saturated heterocycles. The van der Waals surface area contributed by atoms with Crippen molar-refractivity contribution in [3.63, 3.8) is 0 Å². The summed E-state index contributed by atoms with van der Waals surface area (Å²) in [5.74, 6) is 1.03. The Labute approximate surface area is 101 Å². The van der Waals surface area contributed by atoms with Crippen molar-refractivity contribution in [1.82, 2.24) is 4.90 Å². The number of hydrogen-bond acceptors (Lipinski definition) is 3. The fraction of sp³-hybridized carbons (Fsp3) is 0.462. The van der Waals surface area contributed by atoms with E-state index in [1.807, 2.05) is 36.1 Å². The van der Waals surface area contributed by atoms with Gasteiger partial charge in [-0.15, -0.1) is 0 Å². The van der Waals surface area contributed by atoms with Crippen LogP contribution in [0.3, 0.4) is 0 Å². The van der Waals surface area contributed by atoms with Crippen LogP contribution in [0, 0.1) is 5.92 Å². The van der Waals surface area contributed by atoms with Gasteiger partial charge in [0.25, 0.3) is 5.91 Å². The van der Waals surface area contributed by atoms with Gasteiger partial charge in [-0.05, 0) is 24.6 Å². The fourth-order valence-corrected chi connectivity index (χ4v) is 1.93. The number of rotatable bonds is 3. The van der Waals surface area contributed by atoms with E-state index in [2.05, 4.69) is 0 Å². The van der Waals surface area contributed by atoms with Crippen LogP contribution in [0.4, 0.5) is 0 Å². The molecule has 17 heavy (non-hydrogen) atoms. The molecule has 0 aliphatic carbocycles. The molecule has 0 spiro atoms. The van der Waals surface area contributed by atoms with E-state index in [1.54, 1.807) is 0 Å². The number of carbonyl (C=O) groups is 1. The summed E-state index contributed by atoms with van der Waals surface area (Å²) in [7, 11) is 0. The minimum atomic E-state index is 0.0402. The van der Waals surface area contributed by atoms with Crippen molar-refractivity contribution in [1.29, 1.82) is 0 Å². The summed E-state index contributed by atoms with van der Waals surface area (Å²) < 4.78 is 5.57. The Hall–Kier alpha value is -1.55. The molecule has 0 bridgehead atoms. The van der Waals surface area contributed by atoms with Crippen LogP contribution in [0.2, 0.25) is 0 Å². The average Bonchev–Trinajstić information content (AvgIpc) is 2.51. The van der Waals surface area contributed by atoms with E-state index in [0.29, 0.717) is 43.5 Å². The third-order valence-electron chi connectivity index (χ3n) is 2.96. The smallest absolute Gasteiger partial charge is 0.257 e. The van der Waals surface area contributed by atoms with Crippen LogP contribution >= 0.6 is 0 Å². The maximum Gasteiger partial charge on any atom is 0.257 e. The third kappa shape index (κ3) is 2.58. The monoisotopic (exact) mass is 234 g/mol. The molecule has 4 nitrogen and oxygen atoms in total. The number of fused-ring (bicyclic) bond motifs is 1. The van der Waals surface area contributed by atoms with Crippen molar-refractivity contribution in [3.05, 3.63) is 29.8 Å². The highest BCUT2D eigenvalue weighted by Gasteiger charge is 2.23. The molecule has 0 saturated carbocycles. The van der Waals surface area contributed by atoms with Crippen molar-refractivity contribution >= 4 is 5.91 Å². The van der Waals surface area contributed by atoms with E-state index >= 15 is 0 Å². The van der Waals surface area contributed by atoms with Crippen molar-refractivity contribution in [2.75, 3.05) is 26.2 Å². The summed E-state index contributed by atoms with van der Waals surface area (Å²) in [5, 5.41) is 0.